The number of phenolic OH excluding ortho intramolecular Hbond substituents is 1. The van der Waals surface area contributed by atoms with E-state index in [1.165, 1.54) is 0 Å². The molecule has 0 aliphatic rings. The quantitative estimate of drug-likeness (QED) is 0.617. The van der Waals surface area contributed by atoms with Gasteiger partial charge in [0, 0.05) is 17.8 Å². The zero-order valence-corrected chi connectivity index (χ0v) is 10.3. The predicted molar refractivity (Wildman–Crippen MR) is 68.9 cm³/mol. The fourth-order valence-corrected chi connectivity index (χ4v) is 1.79. The van der Waals surface area contributed by atoms with Gasteiger partial charge in [0.15, 0.2) is 0 Å². The van der Waals surface area contributed by atoms with Gasteiger partial charge in [-0.1, -0.05) is 0 Å². The first-order valence-corrected chi connectivity index (χ1v) is 5.62. The second-order valence-corrected chi connectivity index (χ2v) is 4.53. The van der Waals surface area contributed by atoms with Gasteiger partial charge in [-0.2, -0.15) is 5.10 Å². The number of anilines is 1. The van der Waals surface area contributed by atoms with E-state index in [0.717, 1.165) is 16.7 Å². The second-order valence-electron chi connectivity index (χ2n) is 4.53. The zero-order valence-electron chi connectivity index (χ0n) is 10.3. The molecule has 0 radical (unpaired) electrons. The van der Waals surface area contributed by atoms with Gasteiger partial charge in [0.2, 0.25) is 0 Å². The third kappa shape index (κ3) is 2.11. The van der Waals surface area contributed by atoms with Crippen LogP contribution in [0.3, 0.4) is 0 Å². The van der Waals surface area contributed by atoms with Crippen LogP contribution < -0.4 is 5.73 Å². The van der Waals surface area contributed by atoms with Gasteiger partial charge < -0.3 is 10.8 Å². The van der Waals surface area contributed by atoms with E-state index in [1.54, 1.807) is 18.3 Å². The number of rotatable bonds is 2. The Bertz CT molecular complexity index is 544. The highest BCUT2D eigenvalue weighted by Crippen LogP contribution is 2.31. The van der Waals surface area contributed by atoms with Crippen molar-refractivity contribution >= 4 is 5.69 Å². The third-order valence-electron chi connectivity index (χ3n) is 2.82. The lowest BCUT2D eigenvalue weighted by atomic mass is 10.0. The number of phenols is 1. The van der Waals surface area contributed by atoms with Gasteiger partial charge in [-0.15, -0.1) is 0 Å². The van der Waals surface area contributed by atoms with Crippen LogP contribution in [0.25, 0.3) is 11.1 Å². The molecule has 0 bridgehead atoms. The highest BCUT2D eigenvalue weighted by atomic mass is 16.3. The average molecular weight is 231 g/mol. The maximum Gasteiger partial charge on any atom is 0.139 e. The molecular weight excluding hydrogens is 214 g/mol. The number of aromatic hydroxyl groups is 1. The van der Waals surface area contributed by atoms with E-state index in [9.17, 15) is 5.11 Å². The second kappa shape index (κ2) is 4.13. The first-order valence-electron chi connectivity index (χ1n) is 5.62. The Morgan fingerprint density at radius 1 is 1.35 bits per heavy atom. The summed E-state index contributed by atoms with van der Waals surface area (Å²) >= 11 is 0. The third-order valence-corrected chi connectivity index (χ3v) is 2.82. The van der Waals surface area contributed by atoms with Crippen molar-refractivity contribution < 1.29 is 5.11 Å². The lowest BCUT2D eigenvalue weighted by Gasteiger charge is -2.07. The van der Waals surface area contributed by atoms with Gasteiger partial charge in [-0.25, -0.2) is 0 Å². The van der Waals surface area contributed by atoms with Crippen molar-refractivity contribution in [1.82, 2.24) is 9.78 Å². The molecule has 1 heterocycles. The summed E-state index contributed by atoms with van der Waals surface area (Å²) in [6, 6.07) is 3.79. The smallest absolute Gasteiger partial charge is 0.139 e. The number of nitrogens with two attached hydrogens (primary N) is 1. The molecular formula is C13H17N3O. The van der Waals surface area contributed by atoms with E-state index in [0.29, 0.717) is 11.7 Å². The van der Waals surface area contributed by atoms with E-state index in [2.05, 4.69) is 18.9 Å². The molecule has 90 valence electrons. The van der Waals surface area contributed by atoms with Gasteiger partial charge in [0.05, 0.1) is 11.9 Å². The topological polar surface area (TPSA) is 64.1 Å². The molecule has 17 heavy (non-hydrogen) atoms. The van der Waals surface area contributed by atoms with Gasteiger partial charge in [-0.3, -0.25) is 4.68 Å². The lowest BCUT2D eigenvalue weighted by molar-refractivity contribution is 0.478. The summed E-state index contributed by atoms with van der Waals surface area (Å²) in [7, 11) is 0. The van der Waals surface area contributed by atoms with E-state index >= 15 is 0 Å². The fraction of sp³-hybridized carbons (Fsp3) is 0.308. The average Bonchev–Trinajstić information content (AvgIpc) is 2.72. The summed E-state index contributed by atoms with van der Waals surface area (Å²) in [6.45, 7) is 6.12. The molecule has 2 rings (SSSR count). The molecule has 3 N–H and O–H groups in total. The van der Waals surface area contributed by atoms with E-state index in [-0.39, 0.29) is 5.75 Å². The molecule has 0 aliphatic carbocycles. The number of aryl methyl sites for hydroxylation is 1. The number of nitrogens with zero attached hydrogens (tertiary/aromatic N) is 2. The number of aromatic nitrogens is 2. The number of hydrogen-bond donors (Lipinski definition) is 2. The Kier molecular flexibility index (Phi) is 2.79. The largest absolute Gasteiger partial charge is 0.506 e. The number of benzene rings is 1. The van der Waals surface area contributed by atoms with E-state index in [1.807, 2.05) is 17.8 Å². The Morgan fingerprint density at radius 3 is 2.65 bits per heavy atom. The molecule has 1 aromatic heterocycles. The zero-order chi connectivity index (χ0) is 12.6. The molecule has 0 saturated heterocycles. The van der Waals surface area contributed by atoms with Crippen molar-refractivity contribution in [2.45, 2.75) is 26.8 Å². The van der Waals surface area contributed by atoms with Crippen molar-refractivity contribution in [3.8, 4) is 16.9 Å². The van der Waals surface area contributed by atoms with Crippen LogP contribution >= 0.6 is 0 Å². The van der Waals surface area contributed by atoms with Crippen LogP contribution in [-0.2, 0) is 0 Å². The maximum atomic E-state index is 9.65. The summed E-state index contributed by atoms with van der Waals surface area (Å²) in [5.41, 5.74) is 9.04. The highest BCUT2D eigenvalue weighted by Gasteiger charge is 2.09. The monoisotopic (exact) mass is 231 g/mol. The van der Waals surface area contributed by atoms with Crippen LogP contribution in [0.4, 0.5) is 5.69 Å². The summed E-state index contributed by atoms with van der Waals surface area (Å²) in [6.07, 6.45) is 3.78. The fourth-order valence-electron chi connectivity index (χ4n) is 1.79. The van der Waals surface area contributed by atoms with Crippen molar-refractivity contribution in [3.63, 3.8) is 0 Å². The molecule has 1 aromatic carbocycles. The molecule has 2 aromatic rings. The summed E-state index contributed by atoms with van der Waals surface area (Å²) in [4.78, 5) is 0. The number of hydrogen-bond acceptors (Lipinski definition) is 3. The number of nitrogen functional groups attached to an aromatic ring is 1. The Labute approximate surface area is 101 Å². The Balaban J connectivity index is 2.49. The Morgan fingerprint density at radius 2 is 2.06 bits per heavy atom. The van der Waals surface area contributed by atoms with Crippen LogP contribution in [0.1, 0.15) is 25.5 Å². The standard InChI is InChI=1S/C13H17N3O/c1-8(2)16-7-10(6-15-16)11-5-13(17)12(14)4-9(11)3/h4-8,17H,14H2,1-3H3. The van der Waals surface area contributed by atoms with Crippen LogP contribution in [0.2, 0.25) is 0 Å². The first-order chi connectivity index (χ1) is 7.99. The lowest BCUT2D eigenvalue weighted by Crippen LogP contribution is -1.99. The van der Waals surface area contributed by atoms with Gasteiger partial charge in [0.1, 0.15) is 5.75 Å². The molecule has 0 aliphatic heterocycles. The molecule has 4 heteroatoms. The van der Waals surface area contributed by atoms with Crippen LogP contribution in [-0.4, -0.2) is 14.9 Å². The summed E-state index contributed by atoms with van der Waals surface area (Å²) < 4.78 is 1.89. The molecule has 0 spiro atoms. The predicted octanol–water partition coefficient (Wildman–Crippen LogP) is 2.73. The van der Waals surface area contributed by atoms with Gasteiger partial charge in [-0.05, 0) is 44.0 Å². The summed E-state index contributed by atoms with van der Waals surface area (Å²) in [5.74, 6) is 0.114. The van der Waals surface area contributed by atoms with E-state index in [4.69, 9.17) is 5.73 Å². The van der Waals surface area contributed by atoms with Crippen molar-refractivity contribution in [1.29, 1.82) is 0 Å². The molecule has 4 nitrogen and oxygen atoms in total. The minimum atomic E-state index is 0.114. The van der Waals surface area contributed by atoms with Crippen molar-refractivity contribution in [2.24, 2.45) is 0 Å². The minimum Gasteiger partial charge on any atom is -0.506 e. The van der Waals surface area contributed by atoms with E-state index < -0.39 is 0 Å². The SMILES string of the molecule is Cc1cc(N)c(O)cc1-c1cnn(C(C)C)c1. The first kappa shape index (κ1) is 11.5. The Hall–Kier alpha value is -1.97. The highest BCUT2D eigenvalue weighted by molar-refractivity contribution is 5.72. The minimum absolute atomic E-state index is 0.114. The molecule has 0 unspecified atom stereocenters. The molecule has 0 amide bonds. The normalized spacial score (nSPS) is 11.1. The van der Waals surface area contributed by atoms with Crippen molar-refractivity contribution in [3.05, 3.63) is 30.1 Å². The van der Waals surface area contributed by atoms with Gasteiger partial charge in [0.25, 0.3) is 0 Å². The molecule has 0 atom stereocenters. The van der Waals surface area contributed by atoms with Crippen LogP contribution in [0, 0.1) is 6.92 Å². The van der Waals surface area contributed by atoms with Crippen LogP contribution in [0.5, 0.6) is 5.75 Å². The maximum absolute atomic E-state index is 9.65. The van der Waals surface area contributed by atoms with Crippen LogP contribution in [0.15, 0.2) is 24.5 Å². The van der Waals surface area contributed by atoms with Crippen molar-refractivity contribution in [2.75, 3.05) is 5.73 Å². The molecule has 0 saturated carbocycles. The summed E-state index contributed by atoms with van der Waals surface area (Å²) in [5, 5.41) is 13.9. The van der Waals surface area contributed by atoms with Gasteiger partial charge >= 0.3 is 0 Å². The molecule has 0 fully saturated rings.